The monoisotopic (exact) mass is 362 g/mol. The van der Waals surface area contributed by atoms with Crippen LogP contribution in [-0.4, -0.2) is 7.85 Å². The molecule has 0 aromatic heterocycles. The van der Waals surface area contributed by atoms with E-state index in [4.69, 9.17) is 0 Å². The van der Waals surface area contributed by atoms with Gasteiger partial charge in [-0.3, -0.25) is 0 Å². The zero-order valence-electron chi connectivity index (χ0n) is 6.11. The Hall–Kier alpha value is 1.46. The lowest BCUT2D eigenvalue weighted by Gasteiger charge is -2.46. The van der Waals surface area contributed by atoms with E-state index in [0.29, 0.717) is 0 Å². The summed E-state index contributed by atoms with van der Waals surface area (Å²) in [6, 6.07) is 0. The molecule has 0 N–H and O–H groups in total. The van der Waals surface area contributed by atoms with E-state index >= 15 is 0 Å². The van der Waals surface area contributed by atoms with Crippen LogP contribution >= 0.6 is 45.2 Å². The van der Waals surface area contributed by atoms with E-state index in [0.717, 1.165) is 19.2 Å². The predicted octanol–water partition coefficient (Wildman–Crippen LogP) is 3.41. The molecule has 2 heteroatoms. The molecule has 0 saturated heterocycles. The van der Waals surface area contributed by atoms with Gasteiger partial charge >= 0.3 is 0 Å². The van der Waals surface area contributed by atoms with Crippen LogP contribution in [0.1, 0.15) is 26.2 Å². The molecule has 2 unspecified atom stereocenters. The Bertz CT molecular complexity index is 157. The zero-order valence-corrected chi connectivity index (χ0v) is 10.4. The smallest absolute Gasteiger partial charge is 0.0149 e. The van der Waals surface area contributed by atoms with Crippen LogP contribution in [0.15, 0.2) is 0 Å². The average Bonchev–Trinajstić information content (AvgIpc) is 2.03. The van der Waals surface area contributed by atoms with Gasteiger partial charge in [-0.05, 0) is 30.6 Å². The van der Waals surface area contributed by atoms with Crippen molar-refractivity contribution in [3.63, 3.8) is 0 Å². The number of fused-ring (bicyclic) bond motifs is 1. The summed E-state index contributed by atoms with van der Waals surface area (Å²) in [4.78, 5) is 0. The molecule has 2 fully saturated rings. The fourth-order valence-corrected chi connectivity index (χ4v) is 6.27. The van der Waals surface area contributed by atoms with Gasteiger partial charge in [0.25, 0.3) is 0 Å². The summed E-state index contributed by atoms with van der Waals surface area (Å²) >= 11 is 5.25. The summed E-state index contributed by atoms with van der Waals surface area (Å²) < 4.78 is 1.98. The van der Waals surface area contributed by atoms with Crippen LogP contribution in [0.5, 0.6) is 0 Å². The number of hydrogen-bond donors (Lipinski definition) is 0. The Balaban J connectivity index is 2.12. The first-order chi connectivity index (χ1) is 4.62. The molecule has 0 radical (unpaired) electrons. The minimum Gasteiger partial charge on any atom is -0.0826 e. The highest BCUT2D eigenvalue weighted by Gasteiger charge is 2.54. The van der Waals surface area contributed by atoms with E-state index in [2.05, 4.69) is 52.1 Å². The second kappa shape index (κ2) is 2.47. The van der Waals surface area contributed by atoms with E-state index in [1.54, 1.807) is 0 Å². The van der Waals surface area contributed by atoms with E-state index in [1.165, 1.54) is 19.3 Å². The maximum atomic E-state index is 2.63. The molecular weight excluding hydrogens is 350 g/mol. The van der Waals surface area contributed by atoms with Crippen molar-refractivity contribution in [1.29, 1.82) is 0 Å². The molecule has 0 spiro atoms. The molecule has 0 heterocycles. The molecule has 2 saturated carbocycles. The number of alkyl halides is 2. The Morgan fingerprint density at radius 1 is 1.30 bits per heavy atom. The van der Waals surface area contributed by atoms with Crippen molar-refractivity contribution in [3.8, 4) is 0 Å². The largest absolute Gasteiger partial charge is 0.0826 e. The topological polar surface area (TPSA) is 0 Å². The van der Waals surface area contributed by atoms with E-state index in [1.807, 2.05) is 0 Å². The van der Waals surface area contributed by atoms with Crippen LogP contribution in [0.3, 0.4) is 0 Å². The molecule has 2 aliphatic carbocycles. The highest BCUT2D eigenvalue weighted by Crippen LogP contribution is 2.61. The molecule has 58 valence electrons. The highest BCUT2D eigenvalue weighted by atomic mass is 127. The Morgan fingerprint density at radius 2 is 2.00 bits per heavy atom. The fourth-order valence-electron chi connectivity index (χ4n) is 2.55. The van der Waals surface area contributed by atoms with Crippen LogP contribution in [0.4, 0.5) is 0 Å². The van der Waals surface area contributed by atoms with Gasteiger partial charge in [0.15, 0.2) is 0 Å². The summed E-state index contributed by atoms with van der Waals surface area (Å²) in [5.41, 5.74) is 0.762. The minimum atomic E-state index is 0.762. The Morgan fingerprint density at radius 3 is 2.40 bits per heavy atom. The number of hydrogen-bond acceptors (Lipinski definition) is 0. The lowest BCUT2D eigenvalue weighted by molar-refractivity contribution is 0.107. The molecule has 10 heavy (non-hydrogen) atoms. The molecule has 2 rings (SSSR count). The van der Waals surface area contributed by atoms with Gasteiger partial charge in [-0.2, -0.15) is 0 Å². The normalized spacial score (nSPS) is 59.7. The first-order valence-electron chi connectivity index (χ1n) is 3.90. The highest BCUT2D eigenvalue weighted by molar-refractivity contribution is 14.1. The maximum Gasteiger partial charge on any atom is 0.0149 e. The Kier molecular flexibility index (Phi) is 2.00. The van der Waals surface area contributed by atoms with E-state index < -0.39 is 0 Å². The second-order valence-corrected chi connectivity index (χ2v) is 7.38. The van der Waals surface area contributed by atoms with Gasteiger partial charge in [0.1, 0.15) is 0 Å². The van der Waals surface area contributed by atoms with Gasteiger partial charge in [-0.15, -0.1) is 0 Å². The SMILES string of the molecule is C[C@]12CC(I)C[C@@H]1C(I)C2. The van der Waals surface area contributed by atoms with Gasteiger partial charge < -0.3 is 0 Å². The summed E-state index contributed by atoms with van der Waals surface area (Å²) in [6.45, 7) is 2.48. The molecule has 4 atom stereocenters. The molecular formula is C8H12I2. The second-order valence-electron chi connectivity index (χ2n) is 4.02. The lowest BCUT2D eigenvalue weighted by atomic mass is 9.63. The van der Waals surface area contributed by atoms with Crippen molar-refractivity contribution >= 4 is 45.2 Å². The van der Waals surface area contributed by atoms with Gasteiger partial charge in [0.2, 0.25) is 0 Å². The van der Waals surface area contributed by atoms with Crippen LogP contribution in [0, 0.1) is 11.3 Å². The van der Waals surface area contributed by atoms with Crippen LogP contribution in [0.2, 0.25) is 0 Å². The first-order valence-corrected chi connectivity index (χ1v) is 6.39. The molecule has 0 bridgehead atoms. The minimum absolute atomic E-state index is 0.762. The van der Waals surface area contributed by atoms with Crippen molar-refractivity contribution in [2.75, 3.05) is 0 Å². The summed E-state index contributed by atoms with van der Waals surface area (Å²) in [5.74, 6) is 1.06. The van der Waals surface area contributed by atoms with Gasteiger partial charge in [-0.1, -0.05) is 52.1 Å². The van der Waals surface area contributed by atoms with E-state index in [9.17, 15) is 0 Å². The van der Waals surface area contributed by atoms with Gasteiger partial charge in [-0.25, -0.2) is 0 Å². The van der Waals surface area contributed by atoms with Crippen LogP contribution in [0.25, 0.3) is 0 Å². The summed E-state index contributed by atoms with van der Waals surface area (Å²) in [7, 11) is 0. The third-order valence-electron chi connectivity index (χ3n) is 3.19. The molecule has 0 aliphatic heterocycles. The summed E-state index contributed by atoms with van der Waals surface area (Å²) in [6.07, 6.45) is 4.46. The van der Waals surface area contributed by atoms with Gasteiger partial charge in [0.05, 0.1) is 0 Å². The molecule has 0 amide bonds. The first kappa shape index (κ1) is 8.08. The summed E-state index contributed by atoms with van der Waals surface area (Å²) in [5, 5.41) is 0. The van der Waals surface area contributed by atoms with Crippen molar-refractivity contribution in [2.45, 2.75) is 34.0 Å². The van der Waals surface area contributed by atoms with Crippen molar-refractivity contribution in [2.24, 2.45) is 11.3 Å². The zero-order chi connectivity index (χ0) is 7.35. The third kappa shape index (κ3) is 1.04. The average molecular weight is 362 g/mol. The van der Waals surface area contributed by atoms with Crippen molar-refractivity contribution in [3.05, 3.63) is 0 Å². The number of rotatable bonds is 0. The molecule has 0 aromatic carbocycles. The lowest BCUT2D eigenvalue weighted by Crippen LogP contribution is -2.42. The van der Waals surface area contributed by atoms with Crippen molar-refractivity contribution in [1.82, 2.24) is 0 Å². The molecule has 0 aromatic rings. The standard InChI is InChI=1S/C8H12I2/c1-8-3-5(9)2-6(8)7(10)4-8/h5-7H,2-4H2,1H3/t5?,6-,7?,8-/m1/s1. The van der Waals surface area contributed by atoms with E-state index in [-0.39, 0.29) is 0 Å². The maximum absolute atomic E-state index is 2.63. The molecule has 2 aliphatic rings. The quantitative estimate of drug-likeness (QED) is 0.458. The molecule has 0 nitrogen and oxygen atoms in total. The van der Waals surface area contributed by atoms with Crippen molar-refractivity contribution < 1.29 is 0 Å². The fraction of sp³-hybridized carbons (Fsp3) is 1.00. The van der Waals surface area contributed by atoms with Gasteiger partial charge in [0, 0.05) is 7.85 Å². The third-order valence-corrected chi connectivity index (χ3v) is 5.45. The number of halogens is 2. The van der Waals surface area contributed by atoms with Crippen LogP contribution < -0.4 is 0 Å². The Labute approximate surface area is 89.8 Å². The predicted molar refractivity (Wildman–Crippen MR) is 61.1 cm³/mol. The van der Waals surface area contributed by atoms with Crippen LogP contribution in [-0.2, 0) is 0 Å².